The van der Waals surface area contributed by atoms with Crippen molar-refractivity contribution in [2.24, 2.45) is 5.92 Å². The van der Waals surface area contributed by atoms with Crippen LogP contribution in [-0.2, 0) is 4.79 Å². The largest absolute Gasteiger partial charge is 0.377 e. The predicted molar refractivity (Wildman–Crippen MR) is 112 cm³/mol. The van der Waals surface area contributed by atoms with Gasteiger partial charge in [-0.1, -0.05) is 13.8 Å². The van der Waals surface area contributed by atoms with Crippen LogP contribution in [0.1, 0.15) is 43.5 Å². The van der Waals surface area contributed by atoms with Gasteiger partial charge in [-0.15, -0.1) is 0 Å². The van der Waals surface area contributed by atoms with Gasteiger partial charge in [-0.3, -0.25) is 19.7 Å². The highest BCUT2D eigenvalue weighted by molar-refractivity contribution is 6.05. The van der Waals surface area contributed by atoms with Gasteiger partial charge in [-0.25, -0.2) is 0 Å². The minimum Gasteiger partial charge on any atom is -0.377 e. The van der Waals surface area contributed by atoms with Crippen LogP contribution in [0.4, 0.5) is 22.7 Å². The van der Waals surface area contributed by atoms with Gasteiger partial charge in [0.2, 0.25) is 5.91 Å². The van der Waals surface area contributed by atoms with Crippen molar-refractivity contribution in [3.8, 4) is 0 Å². The summed E-state index contributed by atoms with van der Waals surface area (Å²) < 4.78 is 0. The zero-order valence-corrected chi connectivity index (χ0v) is 16.4. The van der Waals surface area contributed by atoms with Gasteiger partial charge in [-0.05, 0) is 55.2 Å². The molecule has 3 rings (SSSR count). The molecule has 0 atom stereocenters. The van der Waals surface area contributed by atoms with E-state index in [1.54, 1.807) is 36.4 Å². The molecule has 0 unspecified atom stereocenters. The van der Waals surface area contributed by atoms with Gasteiger partial charge in [-0.2, -0.15) is 0 Å². The van der Waals surface area contributed by atoms with E-state index in [0.717, 1.165) is 12.8 Å². The second-order valence-corrected chi connectivity index (χ2v) is 7.59. The van der Waals surface area contributed by atoms with Gasteiger partial charge in [0.15, 0.2) is 0 Å². The molecule has 2 amide bonds. The molecule has 0 heterocycles. The molecule has 1 fully saturated rings. The molecule has 0 aromatic heterocycles. The zero-order chi connectivity index (χ0) is 21.0. The number of anilines is 3. The monoisotopic (exact) mass is 396 g/mol. The second-order valence-electron chi connectivity index (χ2n) is 7.59. The number of amides is 2. The molecule has 0 radical (unpaired) electrons. The summed E-state index contributed by atoms with van der Waals surface area (Å²) >= 11 is 0. The molecule has 0 bridgehead atoms. The van der Waals surface area contributed by atoms with Gasteiger partial charge in [0.05, 0.1) is 4.92 Å². The summed E-state index contributed by atoms with van der Waals surface area (Å²) in [6.07, 6.45) is 2.42. The van der Waals surface area contributed by atoms with E-state index in [9.17, 15) is 19.7 Å². The van der Waals surface area contributed by atoms with Crippen LogP contribution >= 0.6 is 0 Å². The molecule has 2 aromatic rings. The number of nitro benzene ring substituents is 1. The molecule has 0 aliphatic heterocycles. The molecule has 152 valence electrons. The zero-order valence-electron chi connectivity index (χ0n) is 16.4. The average molecular weight is 396 g/mol. The number of carbonyl (C=O) groups is 2. The summed E-state index contributed by atoms with van der Waals surface area (Å²) in [4.78, 5) is 35.2. The van der Waals surface area contributed by atoms with Crippen LogP contribution in [0.25, 0.3) is 0 Å². The second kappa shape index (κ2) is 8.72. The van der Waals surface area contributed by atoms with Gasteiger partial charge in [0.25, 0.3) is 11.6 Å². The Morgan fingerprint density at radius 2 is 1.69 bits per heavy atom. The number of hydrogen-bond acceptors (Lipinski definition) is 5. The maximum Gasteiger partial charge on any atom is 0.293 e. The number of carbonyl (C=O) groups excluding carboxylic acids is 2. The van der Waals surface area contributed by atoms with E-state index in [1.807, 2.05) is 13.8 Å². The fraction of sp³-hybridized carbons (Fsp3) is 0.333. The summed E-state index contributed by atoms with van der Waals surface area (Å²) in [5.74, 6) is -0.241. The Kier molecular flexibility index (Phi) is 6.11. The molecule has 2 aromatic carbocycles. The molecule has 3 N–H and O–H groups in total. The van der Waals surface area contributed by atoms with Gasteiger partial charge < -0.3 is 16.0 Å². The minimum atomic E-state index is -0.490. The average Bonchev–Trinajstić information content (AvgIpc) is 3.46. The lowest BCUT2D eigenvalue weighted by atomic mass is 10.1. The molecule has 0 saturated heterocycles. The van der Waals surface area contributed by atoms with E-state index in [0.29, 0.717) is 23.5 Å². The molecule has 29 heavy (non-hydrogen) atoms. The highest BCUT2D eigenvalue weighted by atomic mass is 16.6. The smallest absolute Gasteiger partial charge is 0.293 e. The Hall–Kier alpha value is -3.42. The van der Waals surface area contributed by atoms with Crippen molar-refractivity contribution in [2.45, 2.75) is 39.2 Å². The van der Waals surface area contributed by atoms with E-state index in [2.05, 4.69) is 16.0 Å². The fourth-order valence-corrected chi connectivity index (χ4v) is 2.82. The quantitative estimate of drug-likeness (QED) is 0.452. The number of nitro groups is 1. The molecule has 8 heteroatoms. The summed E-state index contributed by atoms with van der Waals surface area (Å²) in [5.41, 5.74) is 1.68. The topological polar surface area (TPSA) is 113 Å². The third-order valence-electron chi connectivity index (χ3n) is 4.41. The third-order valence-corrected chi connectivity index (χ3v) is 4.41. The van der Waals surface area contributed by atoms with Crippen molar-refractivity contribution >= 4 is 34.6 Å². The van der Waals surface area contributed by atoms with Crippen LogP contribution in [0.3, 0.4) is 0 Å². The van der Waals surface area contributed by atoms with Crippen LogP contribution in [0, 0.1) is 16.0 Å². The van der Waals surface area contributed by atoms with Crippen LogP contribution < -0.4 is 16.0 Å². The van der Waals surface area contributed by atoms with Crippen LogP contribution in [0.5, 0.6) is 0 Å². The number of benzene rings is 2. The van der Waals surface area contributed by atoms with Crippen LogP contribution in [0.15, 0.2) is 42.5 Å². The number of nitrogens with zero attached hydrogens (tertiary/aromatic N) is 1. The molecule has 1 saturated carbocycles. The predicted octanol–water partition coefficient (Wildman–Crippen LogP) is 4.41. The number of rotatable bonds is 8. The van der Waals surface area contributed by atoms with E-state index in [4.69, 9.17) is 0 Å². The van der Waals surface area contributed by atoms with E-state index in [1.165, 1.54) is 6.07 Å². The van der Waals surface area contributed by atoms with E-state index >= 15 is 0 Å². The first-order valence-corrected chi connectivity index (χ1v) is 9.58. The van der Waals surface area contributed by atoms with E-state index < -0.39 is 10.8 Å². The highest BCUT2D eigenvalue weighted by Gasteiger charge is 2.25. The molecular formula is C21H24N4O4. The number of nitrogens with one attached hydrogen (secondary N) is 3. The van der Waals surface area contributed by atoms with Gasteiger partial charge in [0, 0.05) is 35.5 Å². The van der Waals surface area contributed by atoms with Crippen molar-refractivity contribution in [1.82, 2.24) is 0 Å². The number of hydrogen-bond donors (Lipinski definition) is 3. The Morgan fingerprint density at radius 3 is 2.24 bits per heavy atom. The van der Waals surface area contributed by atoms with E-state index in [-0.39, 0.29) is 29.1 Å². The Bertz CT molecular complexity index is 921. The fourth-order valence-electron chi connectivity index (χ4n) is 2.82. The van der Waals surface area contributed by atoms with Crippen molar-refractivity contribution in [2.75, 3.05) is 16.0 Å². The molecule has 1 aliphatic rings. The molecule has 1 aliphatic carbocycles. The normalized spacial score (nSPS) is 13.1. The van der Waals surface area contributed by atoms with Crippen LogP contribution in [-0.4, -0.2) is 22.8 Å². The minimum absolute atomic E-state index is 0.0657. The first kappa shape index (κ1) is 20.3. The van der Waals surface area contributed by atoms with Crippen molar-refractivity contribution < 1.29 is 14.5 Å². The molecular weight excluding hydrogens is 372 g/mol. The summed E-state index contributed by atoms with van der Waals surface area (Å²) in [6, 6.07) is 11.4. The molecule has 8 nitrogen and oxygen atoms in total. The van der Waals surface area contributed by atoms with Crippen molar-refractivity contribution in [1.29, 1.82) is 0 Å². The van der Waals surface area contributed by atoms with Crippen molar-refractivity contribution in [3.63, 3.8) is 0 Å². The Labute approximate surface area is 168 Å². The van der Waals surface area contributed by atoms with Crippen molar-refractivity contribution in [3.05, 3.63) is 58.1 Å². The lowest BCUT2D eigenvalue weighted by Crippen LogP contribution is -2.14. The standard InChI is InChI=1S/C21H24N4O4/c1-13(2)11-20(26)23-16-6-8-17(9-7-16)24-21(27)14-3-10-18(22-15-4-5-15)19(12-14)25(28)29/h3,6-10,12-13,15,22H,4-5,11H2,1-2H3,(H,23,26)(H,24,27). The summed E-state index contributed by atoms with van der Waals surface area (Å²) in [7, 11) is 0. The first-order valence-electron chi connectivity index (χ1n) is 9.58. The lowest BCUT2D eigenvalue weighted by molar-refractivity contribution is -0.384. The SMILES string of the molecule is CC(C)CC(=O)Nc1ccc(NC(=O)c2ccc(NC3CC3)c([N+](=O)[O-])c2)cc1. The van der Waals surface area contributed by atoms with Gasteiger partial charge in [0.1, 0.15) is 5.69 Å². The maximum absolute atomic E-state index is 12.5. The lowest BCUT2D eigenvalue weighted by Gasteiger charge is -2.10. The maximum atomic E-state index is 12.5. The first-order chi connectivity index (χ1) is 13.8. The summed E-state index contributed by atoms with van der Waals surface area (Å²) in [5, 5.41) is 20.0. The Balaban J connectivity index is 1.65. The Morgan fingerprint density at radius 1 is 1.07 bits per heavy atom. The van der Waals surface area contributed by atoms with Crippen LogP contribution in [0.2, 0.25) is 0 Å². The molecule has 0 spiro atoms. The highest BCUT2D eigenvalue weighted by Crippen LogP contribution is 2.31. The van der Waals surface area contributed by atoms with Gasteiger partial charge >= 0.3 is 0 Å². The third kappa shape index (κ3) is 5.78. The summed E-state index contributed by atoms with van der Waals surface area (Å²) in [6.45, 7) is 3.94.